The highest BCUT2D eigenvalue weighted by Crippen LogP contribution is 2.30. The van der Waals surface area contributed by atoms with E-state index in [0.29, 0.717) is 16.8 Å². The second-order valence-corrected chi connectivity index (χ2v) is 7.38. The molecule has 0 saturated heterocycles. The van der Waals surface area contributed by atoms with E-state index in [1.165, 1.54) is 40.5 Å². The lowest BCUT2D eigenvalue weighted by atomic mass is 10.3. The second kappa shape index (κ2) is 5.41. The second-order valence-electron chi connectivity index (χ2n) is 5.46. The topological polar surface area (TPSA) is 96.3 Å². The van der Waals surface area contributed by atoms with E-state index in [9.17, 15) is 13.2 Å². The van der Waals surface area contributed by atoms with Crippen molar-refractivity contribution in [2.45, 2.75) is 9.79 Å². The summed E-state index contributed by atoms with van der Waals surface area (Å²) in [7, 11) is 0.894. The van der Waals surface area contributed by atoms with Gasteiger partial charge in [0.1, 0.15) is 5.75 Å². The molecule has 0 saturated carbocycles. The monoisotopic (exact) mass is 347 g/mol. The normalized spacial score (nSPS) is 11.8. The molecule has 1 heterocycles. The first-order chi connectivity index (χ1) is 11.3. The number of aromatic nitrogens is 2. The summed E-state index contributed by atoms with van der Waals surface area (Å²) in [6, 6.07) is 9.00. The number of hydrogen-bond acceptors (Lipinski definition) is 5. The van der Waals surface area contributed by atoms with Crippen LogP contribution in [0, 0.1) is 0 Å². The lowest BCUT2D eigenvalue weighted by Crippen LogP contribution is -2.19. The molecule has 24 heavy (non-hydrogen) atoms. The van der Waals surface area contributed by atoms with Crippen molar-refractivity contribution in [2.75, 3.05) is 12.8 Å². The number of fused-ring (bicyclic) bond motifs is 1. The van der Waals surface area contributed by atoms with Gasteiger partial charge in [0.15, 0.2) is 0 Å². The van der Waals surface area contributed by atoms with Gasteiger partial charge in [-0.3, -0.25) is 9.13 Å². The number of benzene rings is 2. The first-order valence-electron chi connectivity index (χ1n) is 7.11. The van der Waals surface area contributed by atoms with Crippen molar-refractivity contribution in [1.82, 2.24) is 9.13 Å². The van der Waals surface area contributed by atoms with Crippen LogP contribution in [0.4, 0.5) is 5.69 Å². The van der Waals surface area contributed by atoms with E-state index in [1.54, 1.807) is 26.2 Å². The smallest absolute Gasteiger partial charge is 0.328 e. The van der Waals surface area contributed by atoms with Crippen LogP contribution >= 0.6 is 0 Å². The zero-order chi connectivity index (χ0) is 17.6. The molecule has 0 atom stereocenters. The summed E-state index contributed by atoms with van der Waals surface area (Å²) in [5.74, 6) is 0.558. The van der Waals surface area contributed by atoms with E-state index in [2.05, 4.69) is 0 Å². The number of methoxy groups -OCH3 is 1. The molecule has 1 aromatic heterocycles. The maximum Gasteiger partial charge on any atom is 0.328 e. The average Bonchev–Trinajstić information content (AvgIpc) is 2.78. The number of nitrogens with two attached hydrogens (primary N) is 1. The Morgan fingerprint density at radius 1 is 1.00 bits per heavy atom. The number of nitrogens with zero attached hydrogens (tertiary/aromatic N) is 2. The van der Waals surface area contributed by atoms with E-state index >= 15 is 0 Å². The van der Waals surface area contributed by atoms with Crippen molar-refractivity contribution in [3.05, 3.63) is 46.9 Å². The van der Waals surface area contributed by atoms with Crippen LogP contribution in [0.5, 0.6) is 5.75 Å². The molecule has 7 nitrogen and oxygen atoms in total. The minimum atomic E-state index is -3.81. The van der Waals surface area contributed by atoms with Gasteiger partial charge in [0, 0.05) is 14.1 Å². The Hall–Kier alpha value is -2.74. The lowest BCUT2D eigenvalue weighted by Gasteiger charge is -2.09. The van der Waals surface area contributed by atoms with E-state index < -0.39 is 9.84 Å². The number of sulfone groups is 1. The molecule has 8 heteroatoms. The van der Waals surface area contributed by atoms with Gasteiger partial charge in [-0.25, -0.2) is 13.2 Å². The van der Waals surface area contributed by atoms with Gasteiger partial charge in [-0.2, -0.15) is 0 Å². The summed E-state index contributed by atoms with van der Waals surface area (Å²) in [6.45, 7) is 0. The molecule has 2 N–H and O–H groups in total. The highest BCUT2D eigenvalue weighted by molar-refractivity contribution is 7.91. The Kier molecular flexibility index (Phi) is 3.64. The highest BCUT2D eigenvalue weighted by Gasteiger charge is 2.23. The number of nitrogen functional groups attached to an aromatic ring is 1. The van der Waals surface area contributed by atoms with E-state index in [4.69, 9.17) is 10.5 Å². The van der Waals surface area contributed by atoms with Crippen LogP contribution in [0.25, 0.3) is 11.0 Å². The van der Waals surface area contributed by atoms with Crippen molar-refractivity contribution < 1.29 is 13.2 Å². The Morgan fingerprint density at radius 2 is 1.54 bits per heavy atom. The van der Waals surface area contributed by atoms with Crippen molar-refractivity contribution in [1.29, 1.82) is 0 Å². The number of hydrogen-bond donors (Lipinski definition) is 1. The molecule has 3 aromatic rings. The third-order valence-electron chi connectivity index (χ3n) is 4.06. The molecule has 126 valence electrons. The Balaban J connectivity index is 2.25. The Bertz CT molecular complexity index is 1090. The quantitative estimate of drug-likeness (QED) is 0.721. The van der Waals surface area contributed by atoms with Crippen molar-refractivity contribution >= 4 is 26.6 Å². The molecular formula is C16H17N3O4S. The predicted molar refractivity (Wildman–Crippen MR) is 91.0 cm³/mol. The summed E-state index contributed by atoms with van der Waals surface area (Å²) in [4.78, 5) is 12.1. The molecule has 0 aliphatic carbocycles. The summed E-state index contributed by atoms with van der Waals surface area (Å²) in [6.07, 6.45) is 0. The zero-order valence-corrected chi connectivity index (χ0v) is 14.3. The SMILES string of the molecule is COc1ccc(S(=O)(=O)c2cc3c(cc2N)n(C)c(=O)n3C)cc1. The number of rotatable bonds is 3. The van der Waals surface area contributed by atoms with E-state index in [0.717, 1.165) is 0 Å². The summed E-state index contributed by atoms with van der Waals surface area (Å²) >= 11 is 0. The molecule has 0 unspecified atom stereocenters. The van der Waals surface area contributed by atoms with Crippen LogP contribution in [-0.4, -0.2) is 24.7 Å². The molecule has 3 rings (SSSR count). The molecule has 0 aliphatic rings. The summed E-state index contributed by atoms with van der Waals surface area (Å²) in [5.41, 5.74) is 6.90. The maximum absolute atomic E-state index is 12.9. The first-order valence-corrected chi connectivity index (χ1v) is 8.59. The zero-order valence-electron chi connectivity index (χ0n) is 13.5. The fourth-order valence-electron chi connectivity index (χ4n) is 2.66. The molecule has 0 radical (unpaired) electrons. The lowest BCUT2D eigenvalue weighted by molar-refractivity contribution is 0.414. The number of aryl methyl sites for hydroxylation is 2. The van der Waals surface area contributed by atoms with Gasteiger partial charge in [0.25, 0.3) is 0 Å². The molecule has 2 aromatic carbocycles. The Morgan fingerprint density at radius 3 is 2.08 bits per heavy atom. The summed E-state index contributed by atoms with van der Waals surface area (Å²) < 4.78 is 33.6. The third kappa shape index (κ3) is 2.26. The van der Waals surface area contributed by atoms with Gasteiger partial charge >= 0.3 is 5.69 Å². The Labute approximate surface area is 138 Å². The van der Waals surface area contributed by atoms with Crippen LogP contribution in [0.3, 0.4) is 0 Å². The minimum absolute atomic E-state index is 0.0265. The average molecular weight is 347 g/mol. The fraction of sp³-hybridized carbons (Fsp3) is 0.188. The van der Waals surface area contributed by atoms with Gasteiger partial charge in [-0.05, 0) is 36.4 Å². The summed E-state index contributed by atoms with van der Waals surface area (Å²) in [5, 5.41) is 0. The van der Waals surface area contributed by atoms with Crippen LogP contribution in [-0.2, 0) is 23.9 Å². The third-order valence-corrected chi connectivity index (χ3v) is 5.89. The van der Waals surface area contributed by atoms with Crippen molar-refractivity contribution in [2.24, 2.45) is 14.1 Å². The van der Waals surface area contributed by atoms with Crippen LogP contribution < -0.4 is 16.2 Å². The minimum Gasteiger partial charge on any atom is -0.497 e. The number of ether oxygens (including phenoxy) is 1. The molecule has 0 bridgehead atoms. The van der Waals surface area contributed by atoms with Gasteiger partial charge in [-0.15, -0.1) is 0 Å². The fourth-order valence-corrected chi connectivity index (χ4v) is 4.04. The van der Waals surface area contributed by atoms with Crippen LogP contribution in [0.2, 0.25) is 0 Å². The van der Waals surface area contributed by atoms with E-state index in [1.807, 2.05) is 0 Å². The molecule has 0 spiro atoms. The highest BCUT2D eigenvalue weighted by atomic mass is 32.2. The number of anilines is 1. The standard InChI is InChI=1S/C16H17N3O4S/c1-18-13-8-12(17)15(9-14(13)19(2)16(18)20)24(21,22)11-6-4-10(23-3)5-7-11/h4-9H,17H2,1-3H3. The van der Waals surface area contributed by atoms with Gasteiger partial charge in [-0.1, -0.05) is 0 Å². The van der Waals surface area contributed by atoms with Crippen LogP contribution in [0.15, 0.2) is 51.0 Å². The van der Waals surface area contributed by atoms with Crippen molar-refractivity contribution in [3.8, 4) is 5.75 Å². The first kappa shape index (κ1) is 16.1. The largest absolute Gasteiger partial charge is 0.497 e. The molecular weight excluding hydrogens is 330 g/mol. The molecule has 0 aliphatic heterocycles. The molecule has 0 fully saturated rings. The number of imidazole rings is 1. The molecule has 0 amide bonds. The maximum atomic E-state index is 12.9. The van der Waals surface area contributed by atoms with Crippen LogP contribution in [0.1, 0.15) is 0 Å². The predicted octanol–water partition coefficient (Wildman–Crippen LogP) is 1.30. The van der Waals surface area contributed by atoms with E-state index in [-0.39, 0.29) is 21.2 Å². The van der Waals surface area contributed by atoms with Gasteiger partial charge in [0.05, 0.1) is 33.6 Å². The van der Waals surface area contributed by atoms with Gasteiger partial charge in [0.2, 0.25) is 9.84 Å². The van der Waals surface area contributed by atoms with Gasteiger partial charge < -0.3 is 10.5 Å². The van der Waals surface area contributed by atoms with Crippen molar-refractivity contribution in [3.63, 3.8) is 0 Å².